The summed E-state index contributed by atoms with van der Waals surface area (Å²) >= 11 is 0. The molecule has 2 fully saturated rings. The summed E-state index contributed by atoms with van der Waals surface area (Å²) in [6.45, 7) is 4.57. The number of carbonyl (C=O) groups is 2. The van der Waals surface area contributed by atoms with E-state index in [-0.39, 0.29) is 23.4 Å². The van der Waals surface area contributed by atoms with E-state index in [1.165, 1.54) is 4.90 Å². The van der Waals surface area contributed by atoms with Crippen LogP contribution in [0, 0.1) is 5.41 Å². The first-order valence-corrected chi connectivity index (χ1v) is 6.76. The Morgan fingerprint density at radius 1 is 1.24 bits per heavy atom. The van der Waals surface area contributed by atoms with Crippen LogP contribution in [0.25, 0.3) is 0 Å². The number of hydrogen-bond acceptors (Lipinski definition) is 2. The summed E-state index contributed by atoms with van der Waals surface area (Å²) in [5, 5.41) is 2.90. The van der Waals surface area contributed by atoms with Crippen molar-refractivity contribution in [1.29, 1.82) is 0 Å². The van der Waals surface area contributed by atoms with E-state index >= 15 is 0 Å². The summed E-state index contributed by atoms with van der Waals surface area (Å²) in [5.41, 5.74) is -0.365. The van der Waals surface area contributed by atoms with Crippen LogP contribution in [0.1, 0.15) is 52.4 Å². The minimum Gasteiger partial charge on any atom is -0.337 e. The van der Waals surface area contributed by atoms with Gasteiger partial charge in [-0.15, -0.1) is 0 Å². The maximum atomic E-state index is 12.6. The predicted molar refractivity (Wildman–Crippen MR) is 65.5 cm³/mol. The fraction of sp³-hybridized carbons (Fsp3) is 0.846. The Morgan fingerprint density at radius 3 is 2.35 bits per heavy atom. The molecule has 0 aromatic carbocycles. The molecular weight excluding hydrogens is 216 g/mol. The van der Waals surface area contributed by atoms with Gasteiger partial charge in [0, 0.05) is 12.6 Å². The van der Waals surface area contributed by atoms with Crippen LogP contribution in [-0.2, 0) is 4.79 Å². The lowest BCUT2D eigenvalue weighted by Gasteiger charge is -2.42. The van der Waals surface area contributed by atoms with Crippen molar-refractivity contribution >= 4 is 11.9 Å². The summed E-state index contributed by atoms with van der Waals surface area (Å²) in [7, 11) is 0. The molecule has 0 aromatic heterocycles. The maximum absolute atomic E-state index is 12.6. The third kappa shape index (κ3) is 1.94. The van der Waals surface area contributed by atoms with Gasteiger partial charge in [0.2, 0.25) is 5.91 Å². The normalized spacial score (nSPS) is 25.2. The van der Waals surface area contributed by atoms with Gasteiger partial charge < -0.3 is 5.32 Å². The van der Waals surface area contributed by atoms with Crippen molar-refractivity contribution in [2.24, 2.45) is 5.41 Å². The Balaban J connectivity index is 2.23. The van der Waals surface area contributed by atoms with E-state index in [9.17, 15) is 9.59 Å². The molecule has 0 spiro atoms. The number of nitrogens with zero attached hydrogens (tertiary/aromatic N) is 1. The van der Waals surface area contributed by atoms with Gasteiger partial charge in [-0.2, -0.15) is 0 Å². The fourth-order valence-corrected chi connectivity index (χ4v) is 3.05. The lowest BCUT2D eigenvalue weighted by Crippen LogP contribution is -2.62. The van der Waals surface area contributed by atoms with Crippen LogP contribution < -0.4 is 5.32 Å². The first-order valence-electron chi connectivity index (χ1n) is 6.76. The Labute approximate surface area is 103 Å². The number of amides is 3. The third-order valence-electron chi connectivity index (χ3n) is 4.51. The SMILES string of the molecule is CCC1(CC)CNC(=O)N(C2CCCC2)C1=O. The molecule has 1 saturated heterocycles. The largest absolute Gasteiger partial charge is 0.337 e. The van der Waals surface area contributed by atoms with Gasteiger partial charge >= 0.3 is 6.03 Å². The van der Waals surface area contributed by atoms with E-state index < -0.39 is 0 Å². The highest BCUT2D eigenvalue weighted by Gasteiger charge is 2.47. The van der Waals surface area contributed by atoms with Gasteiger partial charge in [0.1, 0.15) is 0 Å². The van der Waals surface area contributed by atoms with Crippen LogP contribution in [0.3, 0.4) is 0 Å². The molecule has 4 heteroatoms. The second-order valence-corrected chi connectivity index (χ2v) is 5.26. The van der Waals surface area contributed by atoms with Gasteiger partial charge in [-0.05, 0) is 25.7 Å². The maximum Gasteiger partial charge on any atom is 0.324 e. The quantitative estimate of drug-likeness (QED) is 0.820. The highest BCUT2D eigenvalue weighted by Crippen LogP contribution is 2.35. The minimum atomic E-state index is -0.365. The van der Waals surface area contributed by atoms with Gasteiger partial charge in [-0.1, -0.05) is 26.7 Å². The Bertz CT molecular complexity index is 317. The average Bonchev–Trinajstić information content (AvgIpc) is 2.84. The predicted octanol–water partition coefficient (Wildman–Crippen LogP) is 2.29. The number of urea groups is 1. The molecular formula is C13H22N2O2. The van der Waals surface area contributed by atoms with Crippen LogP contribution in [0.2, 0.25) is 0 Å². The van der Waals surface area contributed by atoms with Crippen molar-refractivity contribution < 1.29 is 9.59 Å². The Hall–Kier alpha value is -1.06. The van der Waals surface area contributed by atoms with E-state index in [2.05, 4.69) is 5.32 Å². The summed E-state index contributed by atoms with van der Waals surface area (Å²) < 4.78 is 0. The van der Waals surface area contributed by atoms with Gasteiger partial charge in [0.25, 0.3) is 0 Å². The molecule has 1 N–H and O–H groups in total. The molecule has 0 aromatic rings. The standard InChI is InChI=1S/C13H22N2O2/c1-3-13(4-2)9-14-12(17)15(11(13)16)10-7-5-6-8-10/h10H,3-9H2,1-2H3,(H,14,17). The summed E-state index contributed by atoms with van der Waals surface area (Å²) in [4.78, 5) is 26.0. The van der Waals surface area contributed by atoms with Crippen molar-refractivity contribution in [1.82, 2.24) is 10.2 Å². The van der Waals surface area contributed by atoms with Crippen LogP contribution >= 0.6 is 0 Å². The number of carbonyl (C=O) groups excluding carboxylic acids is 2. The summed E-state index contributed by atoms with van der Waals surface area (Å²) in [5.74, 6) is 0.0538. The van der Waals surface area contributed by atoms with Gasteiger partial charge in [-0.25, -0.2) is 4.79 Å². The van der Waals surface area contributed by atoms with Gasteiger partial charge in [0.05, 0.1) is 5.41 Å². The molecule has 0 atom stereocenters. The van der Waals surface area contributed by atoms with E-state index in [0.717, 1.165) is 38.5 Å². The molecule has 2 rings (SSSR count). The highest BCUT2D eigenvalue weighted by molar-refractivity contribution is 6.00. The second kappa shape index (κ2) is 4.67. The van der Waals surface area contributed by atoms with E-state index in [4.69, 9.17) is 0 Å². The monoisotopic (exact) mass is 238 g/mol. The zero-order valence-corrected chi connectivity index (χ0v) is 10.8. The Morgan fingerprint density at radius 2 is 1.82 bits per heavy atom. The fourth-order valence-electron chi connectivity index (χ4n) is 3.05. The topological polar surface area (TPSA) is 49.4 Å². The molecule has 1 aliphatic heterocycles. The van der Waals surface area contributed by atoms with Gasteiger partial charge in [0.15, 0.2) is 0 Å². The first-order chi connectivity index (χ1) is 8.14. The molecule has 0 bridgehead atoms. The lowest BCUT2D eigenvalue weighted by molar-refractivity contribution is -0.143. The summed E-state index contributed by atoms with van der Waals surface area (Å²) in [6.07, 6.45) is 5.81. The van der Waals surface area contributed by atoms with E-state index in [1.807, 2.05) is 13.8 Å². The lowest BCUT2D eigenvalue weighted by atomic mass is 9.79. The molecule has 17 heavy (non-hydrogen) atoms. The van der Waals surface area contributed by atoms with Crippen LogP contribution in [0.15, 0.2) is 0 Å². The van der Waals surface area contributed by atoms with Crippen molar-refractivity contribution in [3.8, 4) is 0 Å². The molecule has 96 valence electrons. The van der Waals surface area contributed by atoms with Crippen molar-refractivity contribution in [2.75, 3.05) is 6.54 Å². The van der Waals surface area contributed by atoms with E-state index in [0.29, 0.717) is 6.54 Å². The molecule has 4 nitrogen and oxygen atoms in total. The zero-order valence-electron chi connectivity index (χ0n) is 10.8. The van der Waals surface area contributed by atoms with Gasteiger partial charge in [-0.3, -0.25) is 9.69 Å². The van der Waals surface area contributed by atoms with Crippen molar-refractivity contribution in [3.05, 3.63) is 0 Å². The van der Waals surface area contributed by atoms with E-state index in [1.54, 1.807) is 0 Å². The number of nitrogens with one attached hydrogen (secondary N) is 1. The third-order valence-corrected chi connectivity index (χ3v) is 4.51. The molecule has 0 unspecified atom stereocenters. The summed E-state index contributed by atoms with van der Waals surface area (Å²) in [6, 6.07) is -0.0419. The highest BCUT2D eigenvalue weighted by atomic mass is 16.2. The number of hydrogen-bond donors (Lipinski definition) is 1. The Kier molecular flexibility index (Phi) is 3.40. The first kappa shape index (κ1) is 12.4. The molecule has 1 aliphatic carbocycles. The second-order valence-electron chi connectivity index (χ2n) is 5.26. The van der Waals surface area contributed by atoms with Crippen LogP contribution in [-0.4, -0.2) is 29.4 Å². The number of rotatable bonds is 3. The number of imide groups is 1. The van der Waals surface area contributed by atoms with Crippen LogP contribution in [0.4, 0.5) is 4.79 Å². The molecule has 1 saturated carbocycles. The molecule has 3 amide bonds. The zero-order chi connectivity index (χ0) is 12.5. The van der Waals surface area contributed by atoms with Crippen molar-refractivity contribution in [3.63, 3.8) is 0 Å². The molecule has 0 radical (unpaired) electrons. The minimum absolute atomic E-state index is 0.0538. The van der Waals surface area contributed by atoms with Crippen LogP contribution in [0.5, 0.6) is 0 Å². The molecule has 1 heterocycles. The van der Waals surface area contributed by atoms with Crippen molar-refractivity contribution in [2.45, 2.75) is 58.4 Å². The average molecular weight is 238 g/mol. The smallest absolute Gasteiger partial charge is 0.324 e. The molecule has 2 aliphatic rings.